The molecule has 2 nitrogen and oxygen atoms in total. The quantitative estimate of drug-likeness (QED) is 0.806. The van der Waals surface area contributed by atoms with Crippen molar-refractivity contribution < 1.29 is 9.90 Å². The molecule has 82 valence electrons. The lowest BCUT2D eigenvalue weighted by Gasteiger charge is -2.06. The molecule has 1 aromatic carbocycles. The lowest BCUT2D eigenvalue weighted by Crippen LogP contribution is -2.00. The average molecular weight is 242 g/mol. The van der Waals surface area contributed by atoms with Crippen LogP contribution in [-0.2, 0) is 17.0 Å². The van der Waals surface area contributed by atoms with Crippen LogP contribution in [0.2, 0.25) is 0 Å². The van der Waals surface area contributed by atoms with Gasteiger partial charge in [-0.15, -0.1) is 11.8 Å². The van der Waals surface area contributed by atoms with Gasteiger partial charge in [0.15, 0.2) is 0 Å². The zero-order valence-corrected chi connectivity index (χ0v) is 10.5. The molecule has 0 saturated heterocycles. The van der Waals surface area contributed by atoms with Crippen LogP contribution in [0.3, 0.4) is 0 Å². The van der Waals surface area contributed by atoms with Gasteiger partial charge in [0.2, 0.25) is 0 Å². The Morgan fingerprint density at radius 2 is 1.93 bits per heavy atom. The zero-order chi connectivity index (χ0) is 11.3. The topological polar surface area (TPSA) is 37.3 Å². The number of carbonyl (C=O) groups is 1. The van der Waals surface area contributed by atoms with Crippen molar-refractivity contribution >= 4 is 29.5 Å². The molecule has 0 spiro atoms. The van der Waals surface area contributed by atoms with Gasteiger partial charge in [0.05, 0.1) is 6.42 Å². The zero-order valence-electron chi connectivity index (χ0n) is 8.82. The summed E-state index contributed by atoms with van der Waals surface area (Å²) in [6, 6.07) is 6.04. The predicted molar refractivity (Wildman–Crippen MR) is 66.8 cm³/mol. The van der Waals surface area contributed by atoms with Gasteiger partial charge in [0.1, 0.15) is 0 Å². The summed E-state index contributed by atoms with van der Waals surface area (Å²) in [6.07, 6.45) is 4.15. The maximum absolute atomic E-state index is 10.6. The van der Waals surface area contributed by atoms with Crippen molar-refractivity contribution in [2.75, 3.05) is 12.5 Å². The molecule has 0 unspecified atom stereocenters. The van der Waals surface area contributed by atoms with Crippen LogP contribution in [0.15, 0.2) is 23.1 Å². The maximum Gasteiger partial charge on any atom is 0.307 e. The summed E-state index contributed by atoms with van der Waals surface area (Å²) >= 11 is 3.39. The van der Waals surface area contributed by atoms with Crippen LogP contribution in [0.4, 0.5) is 0 Å². The van der Waals surface area contributed by atoms with Gasteiger partial charge >= 0.3 is 5.97 Å². The molecule has 0 aliphatic rings. The van der Waals surface area contributed by atoms with Gasteiger partial charge in [0, 0.05) is 10.6 Å². The molecule has 0 radical (unpaired) electrons. The molecule has 0 saturated carbocycles. The van der Waals surface area contributed by atoms with E-state index >= 15 is 0 Å². The molecular weight excluding hydrogens is 228 g/mol. The molecule has 1 aromatic rings. The van der Waals surface area contributed by atoms with Gasteiger partial charge in [-0.2, -0.15) is 11.8 Å². The molecule has 0 bridgehead atoms. The van der Waals surface area contributed by atoms with Crippen molar-refractivity contribution in [2.45, 2.75) is 17.1 Å². The predicted octanol–water partition coefficient (Wildman–Crippen LogP) is 2.90. The first-order valence-corrected chi connectivity index (χ1v) is 7.15. The van der Waals surface area contributed by atoms with Crippen LogP contribution in [0.1, 0.15) is 11.1 Å². The molecule has 0 aromatic heterocycles. The molecule has 1 N–H and O–H groups in total. The van der Waals surface area contributed by atoms with Crippen LogP contribution in [0.25, 0.3) is 0 Å². The van der Waals surface area contributed by atoms with E-state index in [4.69, 9.17) is 5.11 Å². The first-order valence-electron chi connectivity index (χ1n) is 4.53. The third-order valence-corrected chi connectivity index (χ3v) is 3.26. The number of carboxylic acids is 1. The Kier molecular flexibility index (Phi) is 5.05. The lowest BCUT2D eigenvalue weighted by atomic mass is 10.1. The Labute approximate surface area is 98.5 Å². The van der Waals surface area contributed by atoms with Crippen molar-refractivity contribution in [2.24, 2.45) is 0 Å². The Hall–Kier alpha value is -0.610. The Balaban J connectivity index is 2.94. The third-order valence-electron chi connectivity index (χ3n) is 1.93. The van der Waals surface area contributed by atoms with Crippen molar-refractivity contribution in [3.63, 3.8) is 0 Å². The molecular formula is C11H14O2S2. The standard InChI is InChI=1S/C11H14O2S2/c1-14-7-9-3-8(6-11(12)13)4-10(5-9)15-2/h3-5H,6-7H2,1-2H3,(H,12,13). The number of carboxylic acid groups (broad SMARTS) is 1. The molecule has 1 rings (SSSR count). The van der Waals surface area contributed by atoms with Gasteiger partial charge in [-0.3, -0.25) is 4.79 Å². The largest absolute Gasteiger partial charge is 0.481 e. The first-order chi connectivity index (χ1) is 7.15. The van der Waals surface area contributed by atoms with E-state index in [1.165, 1.54) is 5.56 Å². The molecule has 0 fully saturated rings. The number of rotatable bonds is 5. The van der Waals surface area contributed by atoms with Crippen LogP contribution < -0.4 is 0 Å². The lowest BCUT2D eigenvalue weighted by molar-refractivity contribution is -0.136. The van der Waals surface area contributed by atoms with E-state index in [0.717, 1.165) is 16.2 Å². The second-order valence-electron chi connectivity index (χ2n) is 3.19. The molecule has 0 aliphatic heterocycles. The summed E-state index contributed by atoms with van der Waals surface area (Å²) in [5.41, 5.74) is 2.09. The fourth-order valence-electron chi connectivity index (χ4n) is 1.37. The van der Waals surface area contributed by atoms with Crippen LogP contribution in [0.5, 0.6) is 0 Å². The average Bonchev–Trinajstić information content (AvgIpc) is 2.16. The van der Waals surface area contributed by atoms with E-state index in [1.807, 2.05) is 24.6 Å². The van der Waals surface area contributed by atoms with Crippen LogP contribution in [-0.4, -0.2) is 23.6 Å². The van der Waals surface area contributed by atoms with Crippen LogP contribution in [0, 0.1) is 0 Å². The maximum atomic E-state index is 10.6. The Morgan fingerprint density at radius 1 is 1.27 bits per heavy atom. The van der Waals surface area contributed by atoms with E-state index in [2.05, 4.69) is 6.07 Å². The van der Waals surface area contributed by atoms with Gasteiger partial charge in [-0.1, -0.05) is 6.07 Å². The summed E-state index contributed by atoms with van der Waals surface area (Å²) in [5.74, 6) is 0.157. The van der Waals surface area contributed by atoms with Gasteiger partial charge in [-0.05, 0) is 35.8 Å². The minimum atomic E-state index is -0.775. The van der Waals surface area contributed by atoms with E-state index in [1.54, 1.807) is 23.5 Å². The van der Waals surface area contributed by atoms with E-state index in [0.29, 0.717) is 0 Å². The van der Waals surface area contributed by atoms with E-state index < -0.39 is 5.97 Å². The highest BCUT2D eigenvalue weighted by atomic mass is 32.2. The molecule has 15 heavy (non-hydrogen) atoms. The van der Waals surface area contributed by atoms with Gasteiger partial charge in [0.25, 0.3) is 0 Å². The monoisotopic (exact) mass is 242 g/mol. The normalized spacial score (nSPS) is 10.3. The highest BCUT2D eigenvalue weighted by Crippen LogP contribution is 2.21. The molecule has 0 amide bonds. The van der Waals surface area contributed by atoms with Crippen molar-refractivity contribution in [1.29, 1.82) is 0 Å². The fraction of sp³-hybridized carbons (Fsp3) is 0.364. The Morgan fingerprint density at radius 3 is 2.47 bits per heavy atom. The molecule has 4 heteroatoms. The second kappa shape index (κ2) is 6.08. The highest BCUT2D eigenvalue weighted by molar-refractivity contribution is 7.98. The number of thioether (sulfide) groups is 2. The molecule has 0 atom stereocenters. The summed E-state index contributed by atoms with van der Waals surface area (Å²) in [7, 11) is 0. The first kappa shape index (κ1) is 12.5. The summed E-state index contributed by atoms with van der Waals surface area (Å²) < 4.78 is 0. The van der Waals surface area contributed by atoms with E-state index in [9.17, 15) is 4.79 Å². The third kappa shape index (κ3) is 4.18. The number of benzene rings is 1. The number of hydrogen-bond donors (Lipinski definition) is 1. The van der Waals surface area contributed by atoms with Crippen molar-refractivity contribution in [3.05, 3.63) is 29.3 Å². The Bertz CT molecular complexity index is 350. The second-order valence-corrected chi connectivity index (χ2v) is 4.94. The summed E-state index contributed by atoms with van der Waals surface area (Å²) in [6.45, 7) is 0. The number of aliphatic carboxylic acids is 1. The minimum Gasteiger partial charge on any atom is -0.481 e. The number of hydrogen-bond acceptors (Lipinski definition) is 3. The van der Waals surface area contributed by atoms with Gasteiger partial charge in [-0.25, -0.2) is 0 Å². The minimum absolute atomic E-state index is 0.107. The molecule has 0 aliphatic carbocycles. The summed E-state index contributed by atoms with van der Waals surface area (Å²) in [4.78, 5) is 11.8. The fourth-order valence-corrected chi connectivity index (χ4v) is 2.41. The van der Waals surface area contributed by atoms with E-state index in [-0.39, 0.29) is 6.42 Å². The van der Waals surface area contributed by atoms with Crippen molar-refractivity contribution in [1.82, 2.24) is 0 Å². The smallest absolute Gasteiger partial charge is 0.307 e. The molecule has 0 heterocycles. The van der Waals surface area contributed by atoms with Crippen LogP contribution >= 0.6 is 23.5 Å². The van der Waals surface area contributed by atoms with Gasteiger partial charge < -0.3 is 5.11 Å². The van der Waals surface area contributed by atoms with Crippen molar-refractivity contribution in [3.8, 4) is 0 Å². The highest BCUT2D eigenvalue weighted by Gasteiger charge is 2.04. The summed E-state index contributed by atoms with van der Waals surface area (Å²) in [5, 5.41) is 8.74. The SMILES string of the molecule is CSCc1cc(CC(=O)O)cc(SC)c1.